The second kappa shape index (κ2) is 4.88. The summed E-state index contributed by atoms with van der Waals surface area (Å²) in [6.07, 6.45) is 0.427. The van der Waals surface area contributed by atoms with E-state index in [0.717, 1.165) is 5.01 Å². The Labute approximate surface area is 98.4 Å². The van der Waals surface area contributed by atoms with E-state index in [-0.39, 0.29) is 37.0 Å². The van der Waals surface area contributed by atoms with Gasteiger partial charge in [0.15, 0.2) is 5.78 Å². The lowest BCUT2D eigenvalue weighted by molar-refractivity contribution is -0.141. The van der Waals surface area contributed by atoms with Gasteiger partial charge in [0.2, 0.25) is 11.8 Å². The van der Waals surface area contributed by atoms with Crippen LogP contribution in [-0.4, -0.2) is 29.2 Å². The Balaban J connectivity index is 1.93. The van der Waals surface area contributed by atoms with Crippen molar-refractivity contribution in [3.8, 4) is 0 Å². The lowest BCUT2D eigenvalue weighted by Crippen LogP contribution is -2.44. The molecule has 1 N–H and O–H groups in total. The maximum Gasteiger partial charge on any atom is 0.244 e. The first-order valence-corrected chi connectivity index (χ1v) is 5.36. The van der Waals surface area contributed by atoms with E-state index >= 15 is 0 Å². The lowest BCUT2D eigenvalue weighted by Gasteiger charge is -2.14. The van der Waals surface area contributed by atoms with Gasteiger partial charge in [0.1, 0.15) is 0 Å². The van der Waals surface area contributed by atoms with Gasteiger partial charge in [-0.05, 0) is 0 Å². The maximum absolute atomic E-state index is 11.7. The number of imide groups is 1. The second-order valence-electron chi connectivity index (χ2n) is 3.75. The van der Waals surface area contributed by atoms with Gasteiger partial charge in [-0.3, -0.25) is 14.4 Å². The molecule has 1 fully saturated rings. The van der Waals surface area contributed by atoms with Crippen LogP contribution in [0.4, 0.5) is 0 Å². The molecule has 88 valence electrons. The van der Waals surface area contributed by atoms with Crippen LogP contribution in [0.2, 0.25) is 0 Å². The molecule has 0 atom stereocenters. The second-order valence-corrected chi connectivity index (χ2v) is 3.75. The predicted octanol–water partition coefficient (Wildman–Crippen LogP) is 0.523. The molecule has 2 rings (SSSR count). The van der Waals surface area contributed by atoms with Gasteiger partial charge in [-0.2, -0.15) is 0 Å². The van der Waals surface area contributed by atoms with Gasteiger partial charge in [-0.1, -0.05) is 30.3 Å². The number of carbonyl (C=O) groups excluding carboxylic acids is 3. The Hall–Kier alpha value is -2.01. The zero-order valence-corrected chi connectivity index (χ0v) is 9.18. The first kappa shape index (κ1) is 11.5. The first-order valence-electron chi connectivity index (χ1n) is 5.36. The fourth-order valence-corrected chi connectivity index (χ4v) is 1.63. The van der Waals surface area contributed by atoms with E-state index in [1.807, 2.05) is 6.07 Å². The number of rotatable bonds is 4. The monoisotopic (exact) mass is 232 g/mol. The third-order valence-corrected chi connectivity index (χ3v) is 2.55. The third-order valence-electron chi connectivity index (χ3n) is 2.55. The summed E-state index contributed by atoms with van der Waals surface area (Å²) in [6, 6.07) is 8.73. The molecule has 1 aromatic rings. The van der Waals surface area contributed by atoms with Crippen molar-refractivity contribution in [1.29, 1.82) is 0 Å². The van der Waals surface area contributed by atoms with Gasteiger partial charge < -0.3 is 0 Å². The van der Waals surface area contributed by atoms with E-state index in [1.54, 1.807) is 24.3 Å². The van der Waals surface area contributed by atoms with Crippen LogP contribution in [0.3, 0.4) is 0 Å². The zero-order chi connectivity index (χ0) is 12.3. The minimum Gasteiger partial charge on any atom is -0.293 e. The third kappa shape index (κ3) is 2.57. The first-order chi connectivity index (χ1) is 8.18. The van der Waals surface area contributed by atoms with Crippen molar-refractivity contribution in [2.24, 2.45) is 0 Å². The van der Waals surface area contributed by atoms with E-state index in [9.17, 15) is 14.4 Å². The molecule has 1 aromatic carbocycles. The summed E-state index contributed by atoms with van der Waals surface area (Å²) in [5.41, 5.74) is 3.12. The Morgan fingerprint density at radius 2 is 1.71 bits per heavy atom. The summed E-state index contributed by atoms with van der Waals surface area (Å²) in [4.78, 5) is 34.2. The van der Waals surface area contributed by atoms with Crippen LogP contribution in [0.25, 0.3) is 0 Å². The number of hydrogen-bond acceptors (Lipinski definition) is 4. The van der Waals surface area contributed by atoms with Gasteiger partial charge in [0.25, 0.3) is 0 Å². The fourth-order valence-electron chi connectivity index (χ4n) is 1.63. The highest BCUT2D eigenvalue weighted by molar-refractivity contribution is 6.02. The molecule has 1 aliphatic heterocycles. The van der Waals surface area contributed by atoms with Crippen molar-refractivity contribution in [2.45, 2.75) is 12.8 Å². The number of ketones is 1. The molecule has 0 radical (unpaired) electrons. The molecule has 1 aliphatic rings. The van der Waals surface area contributed by atoms with E-state index < -0.39 is 0 Å². The maximum atomic E-state index is 11.7. The molecule has 0 unspecified atom stereocenters. The summed E-state index contributed by atoms with van der Waals surface area (Å²) in [5.74, 6) is -0.718. The molecule has 0 aliphatic carbocycles. The van der Waals surface area contributed by atoms with Crippen LogP contribution < -0.4 is 5.43 Å². The van der Waals surface area contributed by atoms with Gasteiger partial charge in [0.05, 0.1) is 6.54 Å². The largest absolute Gasteiger partial charge is 0.293 e. The Morgan fingerprint density at radius 3 is 2.29 bits per heavy atom. The molecule has 0 saturated carbocycles. The molecule has 0 aromatic heterocycles. The molecule has 0 spiro atoms. The molecular formula is C12H12N2O3. The summed E-state index contributed by atoms with van der Waals surface area (Å²) in [7, 11) is 0. The van der Waals surface area contributed by atoms with Crippen LogP contribution >= 0.6 is 0 Å². The molecule has 17 heavy (non-hydrogen) atoms. The molecular weight excluding hydrogens is 220 g/mol. The van der Waals surface area contributed by atoms with Gasteiger partial charge in [-0.15, -0.1) is 0 Å². The summed E-state index contributed by atoms with van der Waals surface area (Å²) >= 11 is 0. The van der Waals surface area contributed by atoms with E-state index in [0.29, 0.717) is 5.56 Å². The number of hydrogen-bond donors (Lipinski definition) is 1. The van der Waals surface area contributed by atoms with Crippen molar-refractivity contribution in [2.75, 3.05) is 6.54 Å². The lowest BCUT2D eigenvalue weighted by atomic mass is 10.1. The predicted molar refractivity (Wildman–Crippen MR) is 59.9 cm³/mol. The highest BCUT2D eigenvalue weighted by Gasteiger charge is 2.29. The Kier molecular flexibility index (Phi) is 3.30. The van der Waals surface area contributed by atoms with Crippen molar-refractivity contribution >= 4 is 17.6 Å². The molecule has 2 amide bonds. The number of nitrogens with one attached hydrogen (secondary N) is 1. The minimum absolute atomic E-state index is 0.0541. The van der Waals surface area contributed by atoms with E-state index in [1.165, 1.54) is 0 Å². The molecule has 0 bridgehead atoms. The van der Waals surface area contributed by atoms with Crippen LogP contribution in [0.1, 0.15) is 23.2 Å². The number of hydrazine groups is 1. The highest BCUT2D eigenvalue weighted by Crippen LogP contribution is 2.08. The topological polar surface area (TPSA) is 66.5 Å². The quantitative estimate of drug-likeness (QED) is 0.607. The molecule has 5 heteroatoms. The van der Waals surface area contributed by atoms with Gasteiger partial charge >= 0.3 is 0 Å². The number of nitrogens with zero attached hydrogens (tertiary/aromatic N) is 1. The molecule has 1 saturated heterocycles. The zero-order valence-electron chi connectivity index (χ0n) is 9.18. The van der Waals surface area contributed by atoms with Crippen molar-refractivity contribution < 1.29 is 14.4 Å². The van der Waals surface area contributed by atoms with Crippen molar-refractivity contribution in [3.63, 3.8) is 0 Å². The minimum atomic E-state index is -0.282. The number of carbonyl (C=O) groups is 3. The van der Waals surface area contributed by atoms with Crippen molar-refractivity contribution in [3.05, 3.63) is 35.9 Å². The Morgan fingerprint density at radius 1 is 1.12 bits per heavy atom. The summed E-state index contributed by atoms with van der Waals surface area (Å²) in [6.45, 7) is -0.0541. The van der Waals surface area contributed by atoms with Crippen molar-refractivity contribution in [1.82, 2.24) is 10.4 Å². The normalized spacial score (nSPS) is 15.4. The fraction of sp³-hybridized carbons (Fsp3) is 0.250. The average Bonchev–Trinajstić information content (AvgIpc) is 2.67. The van der Waals surface area contributed by atoms with E-state index in [2.05, 4.69) is 5.43 Å². The van der Waals surface area contributed by atoms with Crippen LogP contribution in [0, 0.1) is 0 Å². The van der Waals surface area contributed by atoms with Crippen LogP contribution in [-0.2, 0) is 9.59 Å². The number of benzene rings is 1. The van der Waals surface area contributed by atoms with E-state index in [4.69, 9.17) is 0 Å². The Bertz CT molecular complexity index is 440. The summed E-state index contributed by atoms with van der Waals surface area (Å²) < 4.78 is 0. The van der Waals surface area contributed by atoms with Crippen LogP contribution in [0.5, 0.6) is 0 Å². The summed E-state index contributed by atoms with van der Waals surface area (Å²) in [5, 5.41) is 0.931. The van der Waals surface area contributed by atoms with Gasteiger partial charge in [-0.25, -0.2) is 10.4 Å². The van der Waals surface area contributed by atoms with Crippen LogP contribution in [0.15, 0.2) is 30.3 Å². The average molecular weight is 232 g/mol. The van der Waals surface area contributed by atoms with Gasteiger partial charge in [0, 0.05) is 18.4 Å². The number of amides is 2. The smallest absolute Gasteiger partial charge is 0.244 e. The molecule has 1 heterocycles. The number of Topliss-reactive ketones (excluding diaryl/α,β-unsaturated/α-hetero) is 1. The molecule has 5 nitrogen and oxygen atoms in total. The highest BCUT2D eigenvalue weighted by atomic mass is 16.2. The SMILES string of the molecule is O=C(CNN1C(=O)CCC1=O)c1ccccc1. The standard InChI is InChI=1S/C12H12N2O3/c15-10(9-4-2-1-3-5-9)8-13-14-11(16)6-7-12(14)17/h1-5,13H,6-8H2.